The Morgan fingerprint density at radius 3 is 2.45 bits per heavy atom. The number of rotatable bonds is 7. The largest absolute Gasteiger partial charge is 0.490 e. The number of hydrogen-bond donors (Lipinski definition) is 4. The Balaban J connectivity index is 1.58. The van der Waals surface area contributed by atoms with Crippen LogP contribution < -0.4 is 20.7 Å². The molecule has 14 heteroatoms. The van der Waals surface area contributed by atoms with Crippen LogP contribution >= 0.6 is 0 Å². The van der Waals surface area contributed by atoms with Crippen LogP contribution in [0.5, 0.6) is 5.75 Å². The van der Waals surface area contributed by atoms with Crippen LogP contribution in [0, 0.1) is 25.6 Å². The maximum Gasteiger partial charge on any atom is 0.323 e. The van der Waals surface area contributed by atoms with Crippen molar-refractivity contribution in [3.63, 3.8) is 0 Å². The van der Waals surface area contributed by atoms with Gasteiger partial charge in [0.25, 0.3) is 5.91 Å². The van der Waals surface area contributed by atoms with Gasteiger partial charge in [-0.2, -0.15) is 0 Å². The number of aromatic nitrogens is 1. The van der Waals surface area contributed by atoms with E-state index in [0.29, 0.717) is 47.3 Å². The van der Waals surface area contributed by atoms with E-state index in [1.54, 1.807) is 50.9 Å². The fraction of sp³-hybridized carbons (Fsp3) is 0.486. The van der Waals surface area contributed by atoms with Crippen molar-refractivity contribution >= 4 is 35.0 Å². The van der Waals surface area contributed by atoms with Gasteiger partial charge in [-0.1, -0.05) is 12.1 Å². The molecule has 0 saturated heterocycles. The summed E-state index contributed by atoms with van der Waals surface area (Å²) in [6.45, 7) is 9.67. The summed E-state index contributed by atoms with van der Waals surface area (Å²) in [5.41, 5.74) is 2.03. The number of aliphatic hydroxyl groups excluding tert-OH is 1. The molecule has 2 aromatic carbocycles. The Kier molecular flexibility index (Phi) is 13.0. The Bertz CT molecular complexity index is 1560. The van der Waals surface area contributed by atoms with Gasteiger partial charge < -0.3 is 44.9 Å². The van der Waals surface area contributed by atoms with Gasteiger partial charge in [-0.05, 0) is 89.4 Å². The molecular weight excluding hydrogens is 635 g/mol. The topological polar surface area (TPSA) is 158 Å². The first-order valence-corrected chi connectivity index (χ1v) is 16.5. The van der Waals surface area contributed by atoms with E-state index >= 15 is 0 Å². The molecule has 0 radical (unpaired) electrons. The molecule has 266 valence electrons. The van der Waals surface area contributed by atoms with Crippen molar-refractivity contribution in [2.45, 2.75) is 72.1 Å². The zero-order chi connectivity index (χ0) is 35.7. The number of nitrogens with one attached hydrogen (secondary N) is 3. The number of aryl methyl sites for hydroxylation is 2. The first kappa shape index (κ1) is 37.1. The second-order valence-corrected chi connectivity index (χ2v) is 12.6. The number of carbonyl (C=O) groups excluding carboxylic acids is 3. The van der Waals surface area contributed by atoms with Gasteiger partial charge in [-0.25, -0.2) is 14.0 Å². The van der Waals surface area contributed by atoms with Crippen LogP contribution in [0.4, 0.5) is 31.0 Å². The van der Waals surface area contributed by atoms with Crippen LogP contribution in [0.25, 0.3) is 0 Å². The van der Waals surface area contributed by atoms with Crippen LogP contribution in [0.1, 0.15) is 61.8 Å². The van der Waals surface area contributed by atoms with Gasteiger partial charge in [-0.3, -0.25) is 4.79 Å². The van der Waals surface area contributed by atoms with Gasteiger partial charge >= 0.3 is 12.1 Å². The van der Waals surface area contributed by atoms with E-state index in [4.69, 9.17) is 14.0 Å². The van der Waals surface area contributed by atoms with Crippen LogP contribution in [0.2, 0.25) is 0 Å². The van der Waals surface area contributed by atoms with Crippen molar-refractivity contribution in [1.82, 2.24) is 15.0 Å². The van der Waals surface area contributed by atoms with Gasteiger partial charge in [0.15, 0.2) is 5.76 Å². The molecule has 0 fully saturated rings. The van der Waals surface area contributed by atoms with Crippen molar-refractivity contribution in [2.24, 2.45) is 5.92 Å². The SMILES string of the molecule is Cc1noc(C)c1NC(=O)N(C)C[C@@H]1OCCCC[C@H](C)Oc2ccc(NC(=O)Nc3ccc(F)cc3)cc2C(=O)N([C@@H](C)CO)C[C@H]1C. The molecule has 1 aliphatic heterocycles. The average molecular weight is 683 g/mol. The lowest BCUT2D eigenvalue weighted by molar-refractivity contribution is -0.0115. The molecule has 1 aliphatic rings. The van der Waals surface area contributed by atoms with Crippen LogP contribution in [-0.4, -0.2) is 89.6 Å². The summed E-state index contributed by atoms with van der Waals surface area (Å²) in [5.74, 6) is -0.242. The Labute approximate surface area is 286 Å². The number of nitrogens with zero attached hydrogens (tertiary/aromatic N) is 3. The standard InChI is InChI=1S/C35H47FN6O7/c1-21-18-42(22(2)20-43)33(44)29-17-28(38-34(45)37-27-12-10-26(36)11-13-27)14-15-30(29)48-23(3)9-7-8-16-47-31(21)19-41(6)35(46)39-32-24(4)40-49-25(32)5/h10-15,17,21-23,31,43H,7-9,16,18-20H2,1-6H3,(H,39,46)(H2,37,38,45)/t21-,22+,23+,31+/m1/s1. The van der Waals surface area contributed by atoms with Gasteiger partial charge in [-0.15, -0.1) is 0 Å². The Morgan fingerprint density at radius 2 is 1.78 bits per heavy atom. The normalized spacial score (nSPS) is 19.6. The smallest absolute Gasteiger partial charge is 0.323 e. The first-order valence-electron chi connectivity index (χ1n) is 16.5. The monoisotopic (exact) mass is 682 g/mol. The van der Waals surface area contributed by atoms with Crippen LogP contribution in [0.3, 0.4) is 0 Å². The summed E-state index contributed by atoms with van der Waals surface area (Å²) < 4.78 is 31.1. The highest BCUT2D eigenvalue weighted by Gasteiger charge is 2.31. The molecule has 2 heterocycles. The minimum absolute atomic E-state index is 0.197. The number of hydrogen-bond acceptors (Lipinski definition) is 8. The van der Waals surface area contributed by atoms with Gasteiger partial charge in [0.05, 0.1) is 30.4 Å². The Morgan fingerprint density at radius 1 is 1.08 bits per heavy atom. The molecule has 49 heavy (non-hydrogen) atoms. The van der Waals surface area contributed by atoms with E-state index < -0.39 is 29.9 Å². The molecule has 0 spiro atoms. The molecule has 4 atom stereocenters. The number of likely N-dealkylation sites (N-methyl/N-ethyl adjacent to an activating group) is 1. The van der Waals surface area contributed by atoms with Gasteiger partial charge in [0.2, 0.25) is 0 Å². The number of amides is 5. The molecular formula is C35H47FN6O7. The molecule has 1 aromatic heterocycles. The highest BCUT2D eigenvalue weighted by atomic mass is 19.1. The third-order valence-corrected chi connectivity index (χ3v) is 8.48. The van der Waals surface area contributed by atoms with E-state index in [-0.39, 0.29) is 43.3 Å². The minimum atomic E-state index is -0.578. The first-order chi connectivity index (χ1) is 23.4. The highest BCUT2D eigenvalue weighted by molar-refractivity contribution is 6.02. The second-order valence-electron chi connectivity index (χ2n) is 12.6. The minimum Gasteiger partial charge on any atom is -0.490 e. The van der Waals surface area contributed by atoms with Crippen molar-refractivity contribution in [3.05, 3.63) is 65.3 Å². The molecule has 0 aliphatic carbocycles. The van der Waals surface area contributed by atoms with Crippen LogP contribution in [-0.2, 0) is 4.74 Å². The molecule has 13 nitrogen and oxygen atoms in total. The molecule has 5 amide bonds. The third-order valence-electron chi connectivity index (χ3n) is 8.48. The number of fused-ring (bicyclic) bond motifs is 1. The summed E-state index contributed by atoms with van der Waals surface area (Å²) in [4.78, 5) is 43.4. The lowest BCUT2D eigenvalue weighted by Crippen LogP contribution is -2.48. The van der Waals surface area contributed by atoms with E-state index in [2.05, 4.69) is 21.1 Å². The molecule has 0 unspecified atom stereocenters. The van der Waals surface area contributed by atoms with E-state index in [1.807, 2.05) is 13.8 Å². The van der Waals surface area contributed by atoms with Crippen molar-refractivity contribution in [1.29, 1.82) is 0 Å². The molecule has 4 rings (SSSR count). The number of anilines is 3. The fourth-order valence-corrected chi connectivity index (χ4v) is 5.51. The lowest BCUT2D eigenvalue weighted by atomic mass is 10.0. The number of carbonyl (C=O) groups is 3. The predicted molar refractivity (Wildman–Crippen MR) is 184 cm³/mol. The van der Waals surface area contributed by atoms with Crippen molar-refractivity contribution in [3.8, 4) is 5.75 Å². The summed E-state index contributed by atoms with van der Waals surface area (Å²) in [6, 6.07) is 8.67. The number of ether oxygens (including phenoxy) is 2. The fourth-order valence-electron chi connectivity index (χ4n) is 5.51. The van der Waals surface area contributed by atoms with E-state index in [0.717, 1.165) is 12.8 Å². The van der Waals surface area contributed by atoms with Gasteiger partial charge in [0.1, 0.15) is 22.9 Å². The van der Waals surface area contributed by atoms with Gasteiger partial charge in [0, 0.05) is 44.0 Å². The zero-order valence-corrected chi connectivity index (χ0v) is 28.9. The van der Waals surface area contributed by atoms with Crippen molar-refractivity contribution < 1.29 is 37.9 Å². The number of urea groups is 2. The maximum atomic E-state index is 14.3. The molecule has 4 N–H and O–H groups in total. The second kappa shape index (κ2) is 17.1. The summed E-state index contributed by atoms with van der Waals surface area (Å²) in [6.07, 6.45) is 1.60. The summed E-state index contributed by atoms with van der Waals surface area (Å²) in [5, 5.41) is 22.3. The predicted octanol–water partition coefficient (Wildman–Crippen LogP) is 6.03. The maximum absolute atomic E-state index is 14.3. The van der Waals surface area contributed by atoms with E-state index in [9.17, 15) is 23.9 Å². The quantitative estimate of drug-likeness (QED) is 0.235. The van der Waals surface area contributed by atoms with E-state index in [1.165, 1.54) is 29.2 Å². The highest BCUT2D eigenvalue weighted by Crippen LogP contribution is 2.29. The van der Waals surface area contributed by atoms with Crippen LogP contribution in [0.15, 0.2) is 47.0 Å². The third kappa shape index (κ3) is 10.2. The number of aliphatic hydroxyl groups is 1. The summed E-state index contributed by atoms with van der Waals surface area (Å²) in [7, 11) is 1.67. The summed E-state index contributed by atoms with van der Waals surface area (Å²) >= 11 is 0. The zero-order valence-electron chi connectivity index (χ0n) is 28.9. The molecule has 3 aromatic rings. The lowest BCUT2D eigenvalue weighted by Gasteiger charge is -2.35. The molecule has 0 saturated carbocycles. The molecule has 0 bridgehead atoms. The number of halogens is 1. The Hall–Kier alpha value is -4.69. The number of benzene rings is 2. The van der Waals surface area contributed by atoms with Crippen molar-refractivity contribution in [2.75, 3.05) is 49.3 Å². The average Bonchev–Trinajstić information content (AvgIpc) is 3.39.